The number of amides is 2. The summed E-state index contributed by atoms with van der Waals surface area (Å²) >= 11 is 0. The van der Waals surface area contributed by atoms with Crippen LogP contribution in [0.4, 0.5) is 0 Å². The quantitative estimate of drug-likeness (QED) is 0.711. The second kappa shape index (κ2) is 9.02. The van der Waals surface area contributed by atoms with Gasteiger partial charge in [0.2, 0.25) is 0 Å². The summed E-state index contributed by atoms with van der Waals surface area (Å²) in [6, 6.07) is 6.80. The predicted molar refractivity (Wildman–Crippen MR) is 106 cm³/mol. The first-order valence-electron chi connectivity index (χ1n) is 9.71. The number of carbonyl (C=O) groups is 2. The van der Waals surface area contributed by atoms with Crippen molar-refractivity contribution in [1.82, 2.24) is 10.6 Å². The fourth-order valence-electron chi connectivity index (χ4n) is 3.55. The van der Waals surface area contributed by atoms with Gasteiger partial charge in [-0.25, -0.2) is 0 Å². The molecule has 1 aromatic carbocycles. The van der Waals surface area contributed by atoms with Crippen molar-refractivity contribution < 1.29 is 9.59 Å². The molecule has 1 aliphatic rings. The van der Waals surface area contributed by atoms with E-state index in [9.17, 15) is 9.59 Å². The summed E-state index contributed by atoms with van der Waals surface area (Å²) in [6.45, 7) is 11.3. The summed E-state index contributed by atoms with van der Waals surface area (Å²) in [4.78, 5) is 24.6. The van der Waals surface area contributed by atoms with E-state index < -0.39 is 0 Å². The van der Waals surface area contributed by atoms with Gasteiger partial charge in [-0.15, -0.1) is 0 Å². The highest BCUT2D eigenvalue weighted by molar-refractivity contribution is 5.98. The Balaban J connectivity index is 1.87. The zero-order chi connectivity index (χ0) is 19.2. The minimum absolute atomic E-state index is 0.0768. The molecule has 26 heavy (non-hydrogen) atoms. The van der Waals surface area contributed by atoms with Crippen molar-refractivity contribution in [3.8, 4) is 0 Å². The van der Waals surface area contributed by atoms with Gasteiger partial charge in [-0.1, -0.05) is 40.2 Å². The molecular weight excluding hydrogens is 324 g/mol. The molecule has 4 nitrogen and oxygen atoms in total. The van der Waals surface area contributed by atoms with Gasteiger partial charge in [-0.3, -0.25) is 9.59 Å². The fourth-order valence-corrected chi connectivity index (χ4v) is 3.55. The van der Waals surface area contributed by atoms with Gasteiger partial charge in [0.05, 0.1) is 0 Å². The summed E-state index contributed by atoms with van der Waals surface area (Å²) in [6.07, 6.45) is 6.50. The summed E-state index contributed by atoms with van der Waals surface area (Å²) < 4.78 is 0. The summed E-state index contributed by atoms with van der Waals surface area (Å²) in [5.41, 5.74) is 2.16. The molecule has 1 saturated carbocycles. The number of rotatable bonds is 8. The molecule has 2 rings (SSSR count). The third-order valence-corrected chi connectivity index (χ3v) is 5.52. The first-order valence-corrected chi connectivity index (χ1v) is 9.71. The fraction of sp³-hybridized carbons (Fsp3) is 0.545. The van der Waals surface area contributed by atoms with Crippen molar-refractivity contribution in [3.05, 3.63) is 47.7 Å². The molecule has 4 heteroatoms. The van der Waals surface area contributed by atoms with E-state index in [0.717, 1.165) is 25.0 Å². The van der Waals surface area contributed by atoms with Gasteiger partial charge >= 0.3 is 0 Å². The molecule has 0 radical (unpaired) electrons. The van der Waals surface area contributed by atoms with Crippen molar-refractivity contribution in [2.75, 3.05) is 6.54 Å². The Bertz CT molecular complexity index is 647. The van der Waals surface area contributed by atoms with Gasteiger partial charge in [-0.2, -0.15) is 0 Å². The predicted octanol–water partition coefficient (Wildman–Crippen LogP) is 4.68. The topological polar surface area (TPSA) is 58.2 Å². The van der Waals surface area contributed by atoms with Crippen LogP contribution in [0.3, 0.4) is 0 Å². The highest BCUT2D eigenvalue weighted by Crippen LogP contribution is 2.42. The number of nitrogens with one attached hydrogen (secondary N) is 2. The van der Waals surface area contributed by atoms with Gasteiger partial charge in [-0.05, 0) is 61.3 Å². The maximum atomic E-state index is 12.4. The molecular formula is C22H32N2O2. The number of benzene rings is 1. The van der Waals surface area contributed by atoms with Crippen LogP contribution in [-0.2, 0) is 0 Å². The molecule has 0 bridgehead atoms. The van der Waals surface area contributed by atoms with Gasteiger partial charge < -0.3 is 10.6 Å². The van der Waals surface area contributed by atoms with Gasteiger partial charge in [0.15, 0.2) is 0 Å². The van der Waals surface area contributed by atoms with Crippen LogP contribution in [0.25, 0.3) is 0 Å². The second-order valence-corrected chi connectivity index (χ2v) is 8.03. The monoisotopic (exact) mass is 356 g/mol. The number of allylic oxidation sites excluding steroid dienone is 1. The molecule has 1 atom stereocenters. The van der Waals surface area contributed by atoms with Crippen LogP contribution in [0.2, 0.25) is 0 Å². The standard InChI is InChI=1S/C22H32N2O2/c1-5-6-8-16(2)24-21(26)18-12-10-17(11-13-18)20(25)23-15-19-9-7-14-22(19,3)4/h10-13,19H,2,5-9,14-15H2,1,3-4H3,(H,23,25)(H,24,26). The Labute approximate surface area is 157 Å². The Hall–Kier alpha value is -2.10. The number of carbonyl (C=O) groups excluding carboxylic acids is 2. The lowest BCUT2D eigenvalue weighted by atomic mass is 9.82. The van der Waals surface area contributed by atoms with E-state index in [1.807, 2.05) is 0 Å². The maximum Gasteiger partial charge on any atom is 0.255 e. The number of hydrogen-bond donors (Lipinski definition) is 2. The van der Waals surface area contributed by atoms with Crippen LogP contribution in [0.1, 0.15) is 80.0 Å². The highest BCUT2D eigenvalue weighted by Gasteiger charge is 2.34. The minimum atomic E-state index is -0.175. The van der Waals surface area contributed by atoms with Crippen LogP contribution < -0.4 is 10.6 Å². The zero-order valence-corrected chi connectivity index (χ0v) is 16.4. The Morgan fingerprint density at radius 1 is 1.15 bits per heavy atom. The Morgan fingerprint density at radius 3 is 2.31 bits per heavy atom. The van der Waals surface area contributed by atoms with Crippen LogP contribution in [0.15, 0.2) is 36.5 Å². The molecule has 0 heterocycles. The lowest BCUT2D eigenvalue weighted by molar-refractivity contribution is 0.0932. The zero-order valence-electron chi connectivity index (χ0n) is 16.4. The van der Waals surface area contributed by atoms with E-state index in [-0.39, 0.29) is 11.8 Å². The van der Waals surface area contributed by atoms with Crippen molar-refractivity contribution >= 4 is 11.8 Å². The van der Waals surface area contributed by atoms with Crippen LogP contribution >= 0.6 is 0 Å². The number of hydrogen-bond acceptors (Lipinski definition) is 2. The molecule has 0 saturated heterocycles. The molecule has 1 aromatic rings. The lowest BCUT2D eigenvalue weighted by Crippen LogP contribution is -2.33. The van der Waals surface area contributed by atoms with E-state index in [1.54, 1.807) is 24.3 Å². The molecule has 1 fully saturated rings. The third-order valence-electron chi connectivity index (χ3n) is 5.52. The number of unbranched alkanes of at least 4 members (excludes halogenated alkanes) is 1. The average molecular weight is 357 g/mol. The van der Waals surface area contributed by atoms with Gasteiger partial charge in [0.1, 0.15) is 0 Å². The minimum Gasteiger partial charge on any atom is -0.352 e. The van der Waals surface area contributed by atoms with E-state index in [0.29, 0.717) is 29.0 Å². The smallest absolute Gasteiger partial charge is 0.255 e. The van der Waals surface area contributed by atoms with Crippen molar-refractivity contribution in [2.45, 2.75) is 59.3 Å². The molecule has 0 spiro atoms. The third kappa shape index (κ3) is 5.45. The maximum absolute atomic E-state index is 12.4. The van der Waals surface area contributed by atoms with Crippen LogP contribution in [0, 0.1) is 11.3 Å². The van der Waals surface area contributed by atoms with Crippen molar-refractivity contribution in [3.63, 3.8) is 0 Å². The van der Waals surface area contributed by atoms with Gasteiger partial charge in [0.25, 0.3) is 11.8 Å². The Kier molecular flexibility index (Phi) is 7.01. The molecule has 142 valence electrons. The first kappa shape index (κ1) is 20.2. The summed E-state index contributed by atoms with van der Waals surface area (Å²) in [5, 5.41) is 5.86. The first-order chi connectivity index (χ1) is 12.3. The van der Waals surface area contributed by atoms with Crippen molar-refractivity contribution in [2.24, 2.45) is 11.3 Å². The molecule has 0 aliphatic heterocycles. The average Bonchev–Trinajstić information content (AvgIpc) is 2.96. The van der Waals surface area contributed by atoms with E-state index in [4.69, 9.17) is 0 Å². The van der Waals surface area contributed by atoms with Crippen LogP contribution in [-0.4, -0.2) is 18.4 Å². The second-order valence-electron chi connectivity index (χ2n) is 8.03. The molecule has 0 aromatic heterocycles. The molecule has 1 unspecified atom stereocenters. The largest absolute Gasteiger partial charge is 0.352 e. The lowest BCUT2D eigenvalue weighted by Gasteiger charge is -2.27. The van der Waals surface area contributed by atoms with E-state index >= 15 is 0 Å². The van der Waals surface area contributed by atoms with Crippen LogP contribution in [0.5, 0.6) is 0 Å². The summed E-state index contributed by atoms with van der Waals surface area (Å²) in [5.74, 6) is 0.281. The molecule has 2 amide bonds. The van der Waals surface area contributed by atoms with Gasteiger partial charge in [0, 0.05) is 23.4 Å². The highest BCUT2D eigenvalue weighted by atomic mass is 16.2. The van der Waals surface area contributed by atoms with E-state index in [2.05, 4.69) is 38.0 Å². The normalized spacial score (nSPS) is 18.3. The molecule has 2 N–H and O–H groups in total. The summed E-state index contributed by atoms with van der Waals surface area (Å²) in [7, 11) is 0. The van der Waals surface area contributed by atoms with E-state index in [1.165, 1.54) is 19.3 Å². The SMILES string of the molecule is C=C(CCCC)NC(=O)c1ccc(C(=O)NCC2CCCC2(C)C)cc1. The van der Waals surface area contributed by atoms with Crippen molar-refractivity contribution in [1.29, 1.82) is 0 Å². The molecule has 1 aliphatic carbocycles. The Morgan fingerprint density at radius 2 is 1.77 bits per heavy atom.